The van der Waals surface area contributed by atoms with E-state index in [0.29, 0.717) is 19.6 Å². The summed E-state index contributed by atoms with van der Waals surface area (Å²) in [6.07, 6.45) is 2.69. The number of nitrogens with zero attached hydrogens (tertiary/aromatic N) is 2. The highest BCUT2D eigenvalue weighted by Crippen LogP contribution is 2.30. The number of esters is 1. The fourth-order valence-electron chi connectivity index (χ4n) is 3.45. The fourth-order valence-corrected chi connectivity index (χ4v) is 3.45. The lowest BCUT2D eigenvalue weighted by Crippen LogP contribution is -2.16. The highest BCUT2D eigenvalue weighted by Gasteiger charge is 2.20. The molecule has 0 atom stereocenters. The minimum atomic E-state index is -0.111. The predicted octanol–water partition coefficient (Wildman–Crippen LogP) is 2.97. The van der Waals surface area contributed by atoms with Crippen LogP contribution in [0.15, 0.2) is 24.3 Å². The van der Waals surface area contributed by atoms with Crippen molar-refractivity contribution < 1.29 is 9.53 Å². The van der Waals surface area contributed by atoms with Gasteiger partial charge in [-0.15, -0.1) is 0 Å². The van der Waals surface area contributed by atoms with Crippen LogP contribution in [0.1, 0.15) is 31.0 Å². The Labute approximate surface area is 131 Å². The average molecular weight is 300 g/mol. The van der Waals surface area contributed by atoms with E-state index in [-0.39, 0.29) is 5.97 Å². The van der Waals surface area contributed by atoms with Crippen molar-refractivity contribution in [3.05, 3.63) is 35.5 Å². The summed E-state index contributed by atoms with van der Waals surface area (Å²) in [5.74, 6) is -0.111. The van der Waals surface area contributed by atoms with Gasteiger partial charge in [-0.05, 0) is 45.0 Å². The van der Waals surface area contributed by atoms with Gasteiger partial charge in [-0.1, -0.05) is 18.2 Å². The van der Waals surface area contributed by atoms with Gasteiger partial charge in [0.25, 0.3) is 0 Å². The van der Waals surface area contributed by atoms with Crippen LogP contribution in [-0.2, 0) is 29.0 Å². The standard InChI is InChI=1S/C18H24N2O2/c1-3-22-18(21)10-12-20-16-8-5-4-7-14(16)15-13-19(2)11-6-9-17(15)20/h4-5,7-8H,3,6,9-13H2,1-2H3. The Morgan fingerprint density at radius 1 is 1.32 bits per heavy atom. The van der Waals surface area contributed by atoms with Gasteiger partial charge in [-0.3, -0.25) is 4.79 Å². The second kappa shape index (κ2) is 6.53. The normalized spacial score (nSPS) is 15.5. The Balaban J connectivity index is 1.98. The molecule has 0 fully saturated rings. The number of para-hydroxylation sites is 1. The van der Waals surface area contributed by atoms with Crippen LogP contribution in [0, 0.1) is 0 Å². The molecule has 0 aliphatic carbocycles. The second-order valence-electron chi connectivity index (χ2n) is 5.99. The molecule has 0 N–H and O–H groups in total. The number of carbonyl (C=O) groups excluding carboxylic acids is 1. The van der Waals surface area contributed by atoms with Gasteiger partial charge in [-0.2, -0.15) is 0 Å². The Kier molecular flexibility index (Phi) is 4.48. The van der Waals surface area contributed by atoms with Gasteiger partial charge in [0.05, 0.1) is 13.0 Å². The molecule has 1 aliphatic rings. The number of benzene rings is 1. The van der Waals surface area contributed by atoms with E-state index in [1.807, 2.05) is 6.92 Å². The molecule has 1 aromatic carbocycles. The number of hydrogen-bond donors (Lipinski definition) is 0. The third kappa shape index (κ3) is 2.88. The van der Waals surface area contributed by atoms with Gasteiger partial charge < -0.3 is 14.2 Å². The van der Waals surface area contributed by atoms with Gasteiger partial charge in [0, 0.05) is 29.7 Å². The summed E-state index contributed by atoms with van der Waals surface area (Å²) in [4.78, 5) is 14.1. The quantitative estimate of drug-likeness (QED) is 0.814. The van der Waals surface area contributed by atoms with E-state index in [4.69, 9.17) is 4.74 Å². The summed E-state index contributed by atoms with van der Waals surface area (Å²) in [5, 5.41) is 1.33. The first-order valence-corrected chi connectivity index (χ1v) is 8.14. The lowest BCUT2D eigenvalue weighted by atomic mass is 10.1. The molecule has 1 aliphatic heterocycles. The third-order valence-electron chi connectivity index (χ3n) is 4.42. The summed E-state index contributed by atoms with van der Waals surface area (Å²) in [7, 11) is 2.18. The maximum Gasteiger partial charge on any atom is 0.307 e. The van der Waals surface area contributed by atoms with Gasteiger partial charge >= 0.3 is 5.97 Å². The molecule has 118 valence electrons. The first-order valence-electron chi connectivity index (χ1n) is 8.14. The fraction of sp³-hybridized carbons (Fsp3) is 0.500. The molecule has 2 heterocycles. The van der Waals surface area contributed by atoms with E-state index < -0.39 is 0 Å². The van der Waals surface area contributed by atoms with Crippen molar-refractivity contribution in [2.24, 2.45) is 0 Å². The molecule has 4 nitrogen and oxygen atoms in total. The van der Waals surface area contributed by atoms with Crippen LogP contribution in [0.3, 0.4) is 0 Å². The van der Waals surface area contributed by atoms with Crippen LogP contribution in [0.4, 0.5) is 0 Å². The Hall–Kier alpha value is -1.81. The van der Waals surface area contributed by atoms with Crippen LogP contribution in [0.2, 0.25) is 0 Å². The van der Waals surface area contributed by atoms with E-state index in [1.54, 1.807) is 0 Å². The molecule has 3 rings (SSSR count). The molecule has 0 saturated heterocycles. The lowest BCUT2D eigenvalue weighted by Gasteiger charge is -2.12. The summed E-state index contributed by atoms with van der Waals surface area (Å²) in [5.41, 5.74) is 4.07. The smallest absolute Gasteiger partial charge is 0.307 e. The van der Waals surface area contributed by atoms with Crippen LogP contribution < -0.4 is 0 Å². The van der Waals surface area contributed by atoms with Crippen molar-refractivity contribution >= 4 is 16.9 Å². The number of hydrogen-bond acceptors (Lipinski definition) is 3. The monoisotopic (exact) mass is 300 g/mol. The van der Waals surface area contributed by atoms with E-state index in [9.17, 15) is 4.79 Å². The zero-order chi connectivity index (χ0) is 15.5. The summed E-state index contributed by atoms with van der Waals surface area (Å²) >= 11 is 0. The molecular weight excluding hydrogens is 276 g/mol. The summed E-state index contributed by atoms with van der Waals surface area (Å²) in [6.45, 7) is 5.13. The van der Waals surface area contributed by atoms with Gasteiger partial charge in [0.1, 0.15) is 0 Å². The molecule has 2 aromatic rings. The van der Waals surface area contributed by atoms with Crippen molar-refractivity contribution in [1.82, 2.24) is 9.47 Å². The minimum absolute atomic E-state index is 0.111. The zero-order valence-corrected chi connectivity index (χ0v) is 13.5. The van der Waals surface area contributed by atoms with E-state index in [1.165, 1.54) is 28.6 Å². The average Bonchev–Trinajstić information content (AvgIpc) is 2.65. The maximum absolute atomic E-state index is 11.7. The SMILES string of the molecule is CCOC(=O)CCn1c2c(c3ccccc31)CN(C)CCC2. The molecule has 22 heavy (non-hydrogen) atoms. The predicted molar refractivity (Wildman–Crippen MR) is 87.8 cm³/mol. The molecule has 0 spiro atoms. The van der Waals surface area contributed by atoms with Crippen molar-refractivity contribution in [2.45, 2.75) is 39.3 Å². The number of ether oxygens (including phenoxy) is 1. The first-order chi connectivity index (χ1) is 10.7. The van der Waals surface area contributed by atoms with Gasteiger partial charge in [0.15, 0.2) is 0 Å². The summed E-state index contributed by atoms with van der Waals surface area (Å²) < 4.78 is 7.41. The highest BCUT2D eigenvalue weighted by molar-refractivity contribution is 5.86. The van der Waals surface area contributed by atoms with Crippen LogP contribution >= 0.6 is 0 Å². The topological polar surface area (TPSA) is 34.5 Å². The number of aromatic nitrogens is 1. The number of rotatable bonds is 4. The molecule has 4 heteroatoms. The number of carbonyl (C=O) groups is 1. The lowest BCUT2D eigenvalue weighted by molar-refractivity contribution is -0.143. The molecular formula is C18H24N2O2. The van der Waals surface area contributed by atoms with Crippen LogP contribution in [-0.4, -0.2) is 35.6 Å². The van der Waals surface area contributed by atoms with E-state index >= 15 is 0 Å². The number of aryl methyl sites for hydroxylation is 1. The van der Waals surface area contributed by atoms with Crippen molar-refractivity contribution in [3.8, 4) is 0 Å². The molecule has 0 amide bonds. The van der Waals surface area contributed by atoms with E-state index in [0.717, 1.165) is 19.5 Å². The van der Waals surface area contributed by atoms with Crippen molar-refractivity contribution in [1.29, 1.82) is 0 Å². The largest absolute Gasteiger partial charge is 0.466 e. The molecule has 0 saturated carbocycles. The van der Waals surface area contributed by atoms with Gasteiger partial charge in [-0.25, -0.2) is 0 Å². The maximum atomic E-state index is 11.7. The minimum Gasteiger partial charge on any atom is -0.466 e. The summed E-state index contributed by atoms with van der Waals surface area (Å²) in [6, 6.07) is 8.54. The highest BCUT2D eigenvalue weighted by atomic mass is 16.5. The molecule has 1 aromatic heterocycles. The second-order valence-corrected chi connectivity index (χ2v) is 5.99. The Bertz CT molecular complexity index is 675. The molecule has 0 unspecified atom stereocenters. The zero-order valence-electron chi connectivity index (χ0n) is 13.5. The first kappa shape index (κ1) is 15.1. The van der Waals surface area contributed by atoms with Crippen molar-refractivity contribution in [2.75, 3.05) is 20.2 Å². The number of fused-ring (bicyclic) bond motifs is 3. The van der Waals surface area contributed by atoms with E-state index in [2.05, 4.69) is 40.8 Å². The Morgan fingerprint density at radius 2 is 2.14 bits per heavy atom. The van der Waals surface area contributed by atoms with Crippen molar-refractivity contribution in [3.63, 3.8) is 0 Å². The molecule has 0 bridgehead atoms. The third-order valence-corrected chi connectivity index (χ3v) is 4.42. The van der Waals surface area contributed by atoms with Crippen LogP contribution in [0.25, 0.3) is 10.9 Å². The Morgan fingerprint density at radius 3 is 2.95 bits per heavy atom. The molecule has 0 radical (unpaired) electrons. The van der Waals surface area contributed by atoms with Crippen LogP contribution in [0.5, 0.6) is 0 Å². The van der Waals surface area contributed by atoms with Gasteiger partial charge in [0.2, 0.25) is 0 Å².